The van der Waals surface area contributed by atoms with Crippen LogP contribution < -0.4 is 5.73 Å². The molecule has 1 aromatic rings. The van der Waals surface area contributed by atoms with Crippen molar-refractivity contribution in [2.45, 2.75) is 25.2 Å². The molecule has 0 unspecified atom stereocenters. The Labute approximate surface area is 117 Å². The summed E-state index contributed by atoms with van der Waals surface area (Å²) in [6.45, 7) is 3.01. The molecule has 0 aliphatic carbocycles. The van der Waals surface area contributed by atoms with Crippen LogP contribution in [0.3, 0.4) is 0 Å². The Morgan fingerprint density at radius 1 is 1.30 bits per heavy atom. The van der Waals surface area contributed by atoms with Crippen LogP contribution in [0.1, 0.15) is 28.9 Å². The topological polar surface area (TPSA) is 77.7 Å². The first kappa shape index (κ1) is 13.5. The minimum absolute atomic E-state index is 0.0404. The van der Waals surface area contributed by atoms with Gasteiger partial charge in [0.05, 0.1) is 13.2 Å². The second-order valence-electron chi connectivity index (χ2n) is 5.16. The molecular formula is C14H19N3O3. The molecule has 2 aliphatic rings. The van der Waals surface area contributed by atoms with Gasteiger partial charge in [0.2, 0.25) is 0 Å². The number of hydrogen-bond acceptors (Lipinski definition) is 5. The van der Waals surface area contributed by atoms with E-state index in [1.165, 1.54) is 0 Å². The number of nitrogens with two attached hydrogens (primary N) is 1. The predicted octanol–water partition coefficient (Wildman–Crippen LogP) is 0.519. The smallest absolute Gasteiger partial charge is 0.272 e. The van der Waals surface area contributed by atoms with Crippen LogP contribution >= 0.6 is 0 Å². The van der Waals surface area contributed by atoms with Gasteiger partial charge in [-0.05, 0) is 11.6 Å². The summed E-state index contributed by atoms with van der Waals surface area (Å²) < 4.78 is 11.3. The Morgan fingerprint density at radius 3 is 2.55 bits per heavy atom. The zero-order valence-corrected chi connectivity index (χ0v) is 11.4. The third-order valence-corrected chi connectivity index (χ3v) is 3.91. The van der Waals surface area contributed by atoms with Gasteiger partial charge in [-0.25, -0.2) is 0 Å². The van der Waals surface area contributed by atoms with Gasteiger partial charge in [0.25, 0.3) is 5.91 Å². The highest BCUT2D eigenvalue weighted by molar-refractivity contribution is 5.92. The Kier molecular flexibility index (Phi) is 3.69. The molecule has 0 saturated carbocycles. The fraction of sp³-hybridized carbons (Fsp3) is 0.571. The highest BCUT2D eigenvalue weighted by Crippen LogP contribution is 2.31. The second kappa shape index (κ2) is 5.47. The summed E-state index contributed by atoms with van der Waals surface area (Å²) in [5.74, 6) is -0.491. The van der Waals surface area contributed by atoms with Crippen LogP contribution in [0.5, 0.6) is 0 Å². The Balaban J connectivity index is 1.63. The third-order valence-electron chi connectivity index (χ3n) is 3.91. The zero-order chi connectivity index (χ0) is 14.0. The average molecular weight is 277 g/mol. The monoisotopic (exact) mass is 277 g/mol. The van der Waals surface area contributed by atoms with Crippen LogP contribution in [-0.2, 0) is 16.0 Å². The van der Waals surface area contributed by atoms with E-state index in [2.05, 4.69) is 4.98 Å². The van der Waals surface area contributed by atoms with Crippen LogP contribution in [-0.4, -0.2) is 47.9 Å². The van der Waals surface area contributed by atoms with Crippen molar-refractivity contribution in [3.05, 3.63) is 29.6 Å². The molecule has 0 aromatic carbocycles. The lowest BCUT2D eigenvalue weighted by Gasteiger charge is -2.37. The molecule has 0 atom stereocenters. The SMILES string of the molecule is NCc1ccc(C(=O)N2CCC3(CC2)OCCO3)nc1. The molecule has 2 aliphatic heterocycles. The molecular weight excluding hydrogens is 258 g/mol. The summed E-state index contributed by atoms with van der Waals surface area (Å²) in [7, 11) is 0. The summed E-state index contributed by atoms with van der Waals surface area (Å²) in [6, 6.07) is 3.58. The average Bonchev–Trinajstić information content (AvgIpc) is 2.96. The third kappa shape index (κ3) is 2.54. The van der Waals surface area contributed by atoms with Gasteiger partial charge in [0.15, 0.2) is 5.79 Å². The van der Waals surface area contributed by atoms with Crippen molar-refractivity contribution in [1.29, 1.82) is 0 Å². The normalized spacial score (nSPS) is 21.4. The molecule has 1 amide bonds. The number of likely N-dealkylation sites (tertiary alicyclic amines) is 1. The minimum atomic E-state index is -0.451. The quantitative estimate of drug-likeness (QED) is 0.852. The molecule has 2 fully saturated rings. The van der Waals surface area contributed by atoms with Gasteiger partial charge in [-0.3, -0.25) is 9.78 Å². The largest absolute Gasteiger partial charge is 0.347 e. The van der Waals surface area contributed by atoms with E-state index >= 15 is 0 Å². The van der Waals surface area contributed by atoms with Crippen molar-refractivity contribution >= 4 is 5.91 Å². The lowest BCUT2D eigenvalue weighted by Crippen LogP contribution is -2.47. The summed E-state index contributed by atoms with van der Waals surface area (Å²) in [5.41, 5.74) is 6.91. The van der Waals surface area contributed by atoms with Crippen LogP contribution in [0.2, 0.25) is 0 Å². The van der Waals surface area contributed by atoms with Crippen molar-refractivity contribution in [2.24, 2.45) is 5.73 Å². The number of piperidine rings is 1. The van der Waals surface area contributed by atoms with E-state index in [9.17, 15) is 4.79 Å². The number of carbonyl (C=O) groups is 1. The number of hydrogen-bond donors (Lipinski definition) is 1. The number of nitrogens with zero attached hydrogens (tertiary/aromatic N) is 2. The van der Waals surface area contributed by atoms with Crippen molar-refractivity contribution in [2.75, 3.05) is 26.3 Å². The predicted molar refractivity (Wildman–Crippen MR) is 71.9 cm³/mol. The van der Waals surface area contributed by atoms with Crippen LogP contribution in [0.4, 0.5) is 0 Å². The number of amides is 1. The first-order valence-corrected chi connectivity index (χ1v) is 6.95. The standard InChI is InChI=1S/C14H19N3O3/c15-9-11-1-2-12(16-10-11)13(18)17-5-3-14(4-6-17)19-7-8-20-14/h1-2,10H,3-9,15H2. The second-order valence-corrected chi connectivity index (χ2v) is 5.16. The molecule has 3 heterocycles. The summed E-state index contributed by atoms with van der Waals surface area (Å²) in [5, 5.41) is 0. The van der Waals surface area contributed by atoms with Gasteiger partial charge in [0, 0.05) is 38.7 Å². The molecule has 0 bridgehead atoms. The van der Waals surface area contributed by atoms with E-state index in [-0.39, 0.29) is 5.91 Å². The Bertz CT molecular complexity index is 473. The summed E-state index contributed by atoms with van der Waals surface area (Å²) >= 11 is 0. The van der Waals surface area contributed by atoms with Gasteiger partial charge >= 0.3 is 0 Å². The molecule has 0 radical (unpaired) electrons. The van der Waals surface area contributed by atoms with E-state index in [4.69, 9.17) is 15.2 Å². The van der Waals surface area contributed by atoms with Crippen molar-refractivity contribution < 1.29 is 14.3 Å². The maximum absolute atomic E-state index is 12.4. The number of pyridine rings is 1. The Morgan fingerprint density at radius 2 is 2.00 bits per heavy atom. The number of rotatable bonds is 2. The zero-order valence-electron chi connectivity index (χ0n) is 11.4. The fourth-order valence-corrected chi connectivity index (χ4v) is 2.67. The molecule has 3 rings (SSSR count). The molecule has 1 spiro atoms. The number of aromatic nitrogens is 1. The fourth-order valence-electron chi connectivity index (χ4n) is 2.67. The van der Waals surface area contributed by atoms with Crippen molar-refractivity contribution in [1.82, 2.24) is 9.88 Å². The van der Waals surface area contributed by atoms with E-state index in [0.717, 1.165) is 18.4 Å². The highest BCUT2D eigenvalue weighted by Gasteiger charge is 2.40. The summed E-state index contributed by atoms with van der Waals surface area (Å²) in [4.78, 5) is 18.3. The molecule has 2 saturated heterocycles. The van der Waals surface area contributed by atoms with Crippen molar-refractivity contribution in [3.63, 3.8) is 0 Å². The Hall–Kier alpha value is -1.50. The maximum Gasteiger partial charge on any atom is 0.272 e. The minimum Gasteiger partial charge on any atom is -0.347 e. The summed E-state index contributed by atoms with van der Waals surface area (Å²) in [6.07, 6.45) is 3.10. The first-order valence-electron chi connectivity index (χ1n) is 6.95. The van der Waals surface area contributed by atoms with E-state index in [1.807, 2.05) is 6.07 Å². The molecule has 108 valence electrons. The van der Waals surface area contributed by atoms with E-state index < -0.39 is 5.79 Å². The van der Waals surface area contributed by atoms with Crippen molar-refractivity contribution in [3.8, 4) is 0 Å². The van der Waals surface area contributed by atoms with E-state index in [1.54, 1.807) is 17.2 Å². The number of ether oxygens (including phenoxy) is 2. The van der Waals surface area contributed by atoms with Gasteiger partial charge in [-0.2, -0.15) is 0 Å². The van der Waals surface area contributed by atoms with Crippen LogP contribution in [0.25, 0.3) is 0 Å². The maximum atomic E-state index is 12.4. The first-order chi connectivity index (χ1) is 9.72. The van der Waals surface area contributed by atoms with Crippen LogP contribution in [0, 0.1) is 0 Å². The molecule has 6 nitrogen and oxygen atoms in total. The molecule has 20 heavy (non-hydrogen) atoms. The number of carbonyl (C=O) groups excluding carboxylic acids is 1. The molecule has 6 heteroatoms. The van der Waals surface area contributed by atoms with Gasteiger partial charge in [-0.1, -0.05) is 6.07 Å². The molecule has 1 aromatic heterocycles. The van der Waals surface area contributed by atoms with Gasteiger partial charge < -0.3 is 20.1 Å². The van der Waals surface area contributed by atoms with Crippen LogP contribution in [0.15, 0.2) is 18.3 Å². The lowest BCUT2D eigenvalue weighted by molar-refractivity contribution is -0.181. The molecule has 2 N–H and O–H groups in total. The van der Waals surface area contributed by atoms with Gasteiger partial charge in [0.1, 0.15) is 5.69 Å². The van der Waals surface area contributed by atoms with Gasteiger partial charge in [-0.15, -0.1) is 0 Å². The lowest BCUT2D eigenvalue weighted by atomic mass is 10.0. The van der Waals surface area contributed by atoms with E-state index in [0.29, 0.717) is 38.5 Å². The highest BCUT2D eigenvalue weighted by atomic mass is 16.7.